The van der Waals surface area contributed by atoms with Crippen LogP contribution in [0, 0.1) is 0 Å². The lowest BCUT2D eigenvalue weighted by Gasteiger charge is -2.09. The Labute approximate surface area is 151 Å². The molecule has 3 aromatic rings. The molecule has 5 heteroatoms. The molecule has 0 atom stereocenters. The van der Waals surface area contributed by atoms with Crippen LogP contribution in [-0.4, -0.2) is 19.1 Å². The summed E-state index contributed by atoms with van der Waals surface area (Å²) in [7, 11) is 0. The van der Waals surface area contributed by atoms with E-state index in [0.29, 0.717) is 31.1 Å². The molecule has 0 aliphatic carbocycles. The van der Waals surface area contributed by atoms with Crippen LogP contribution in [0.5, 0.6) is 11.5 Å². The molecule has 1 aromatic heterocycles. The van der Waals surface area contributed by atoms with E-state index in [0.717, 1.165) is 10.6 Å². The van der Waals surface area contributed by atoms with Crippen molar-refractivity contribution in [3.8, 4) is 11.5 Å². The minimum atomic E-state index is -0.0904. The van der Waals surface area contributed by atoms with E-state index in [-0.39, 0.29) is 5.91 Å². The molecule has 0 radical (unpaired) electrons. The quantitative estimate of drug-likeness (QED) is 0.619. The first kappa shape index (κ1) is 17.0. The molecular weight excluding hydrogens is 334 g/mol. The number of thiophene rings is 1. The normalized spacial score (nSPS) is 10.2. The Balaban J connectivity index is 1.41. The zero-order valence-electron chi connectivity index (χ0n) is 13.7. The Bertz CT molecular complexity index is 770. The third-order valence-electron chi connectivity index (χ3n) is 3.48. The molecule has 0 unspecified atom stereocenters. The fourth-order valence-electron chi connectivity index (χ4n) is 2.22. The van der Waals surface area contributed by atoms with Crippen molar-refractivity contribution in [2.45, 2.75) is 6.54 Å². The van der Waals surface area contributed by atoms with Crippen LogP contribution in [0.4, 0.5) is 0 Å². The van der Waals surface area contributed by atoms with E-state index in [9.17, 15) is 4.79 Å². The van der Waals surface area contributed by atoms with Crippen LogP contribution in [0.1, 0.15) is 15.2 Å². The second-order valence-electron chi connectivity index (χ2n) is 5.30. The van der Waals surface area contributed by atoms with Crippen molar-refractivity contribution in [3.63, 3.8) is 0 Å². The number of carbonyl (C=O) groups excluding carboxylic acids is 1. The fraction of sp³-hybridized carbons (Fsp3) is 0.150. The first-order valence-corrected chi connectivity index (χ1v) is 8.90. The highest BCUT2D eigenvalue weighted by Crippen LogP contribution is 2.14. The van der Waals surface area contributed by atoms with Gasteiger partial charge in [-0.25, -0.2) is 0 Å². The van der Waals surface area contributed by atoms with Crippen LogP contribution in [0.15, 0.2) is 72.1 Å². The molecular formula is C20H19NO3S. The summed E-state index contributed by atoms with van der Waals surface area (Å²) in [6, 6.07) is 20.7. The highest BCUT2D eigenvalue weighted by molar-refractivity contribution is 7.09. The largest absolute Gasteiger partial charge is 0.490 e. The van der Waals surface area contributed by atoms with Gasteiger partial charge in [0, 0.05) is 10.4 Å². The molecule has 0 spiro atoms. The van der Waals surface area contributed by atoms with Gasteiger partial charge < -0.3 is 14.8 Å². The predicted octanol–water partition coefficient (Wildman–Crippen LogP) is 4.14. The number of para-hydroxylation sites is 1. The Hall–Kier alpha value is -2.79. The molecule has 0 saturated heterocycles. The van der Waals surface area contributed by atoms with Gasteiger partial charge in [0.1, 0.15) is 24.7 Å². The molecule has 1 heterocycles. The average Bonchev–Trinajstić information content (AvgIpc) is 3.18. The first-order valence-electron chi connectivity index (χ1n) is 8.02. The van der Waals surface area contributed by atoms with Crippen LogP contribution >= 0.6 is 11.3 Å². The highest BCUT2D eigenvalue weighted by atomic mass is 32.1. The van der Waals surface area contributed by atoms with Crippen LogP contribution in [0.2, 0.25) is 0 Å². The van der Waals surface area contributed by atoms with Gasteiger partial charge in [0.15, 0.2) is 0 Å². The number of amides is 1. The maximum atomic E-state index is 12.1. The van der Waals surface area contributed by atoms with Crippen LogP contribution in [0.25, 0.3) is 0 Å². The number of carbonyl (C=O) groups is 1. The number of hydrogen-bond acceptors (Lipinski definition) is 4. The van der Waals surface area contributed by atoms with Gasteiger partial charge in [-0.05, 0) is 47.8 Å². The smallest absolute Gasteiger partial charge is 0.251 e. The van der Waals surface area contributed by atoms with Crippen molar-refractivity contribution in [2.24, 2.45) is 0 Å². The SMILES string of the molecule is O=C(NCc1cccs1)c1ccc(OCCOc2ccccc2)cc1. The molecule has 0 aliphatic rings. The molecule has 0 saturated carbocycles. The zero-order chi connectivity index (χ0) is 17.3. The van der Waals surface area contributed by atoms with Crippen molar-refractivity contribution in [2.75, 3.05) is 13.2 Å². The van der Waals surface area contributed by atoms with Gasteiger partial charge in [0.05, 0.1) is 6.54 Å². The van der Waals surface area contributed by atoms with E-state index < -0.39 is 0 Å². The van der Waals surface area contributed by atoms with E-state index in [1.54, 1.807) is 35.6 Å². The second-order valence-corrected chi connectivity index (χ2v) is 6.33. The number of ether oxygens (including phenoxy) is 2. The van der Waals surface area contributed by atoms with E-state index >= 15 is 0 Å². The average molecular weight is 353 g/mol. The molecule has 3 rings (SSSR count). The van der Waals surface area contributed by atoms with Crippen LogP contribution < -0.4 is 14.8 Å². The summed E-state index contributed by atoms with van der Waals surface area (Å²) >= 11 is 1.63. The van der Waals surface area contributed by atoms with E-state index in [2.05, 4.69) is 5.32 Å². The molecule has 4 nitrogen and oxygen atoms in total. The minimum absolute atomic E-state index is 0.0904. The fourth-order valence-corrected chi connectivity index (χ4v) is 2.87. The Morgan fingerprint density at radius 3 is 2.16 bits per heavy atom. The standard InChI is InChI=1S/C20H19NO3S/c22-20(21-15-19-7-4-14-25-19)16-8-10-18(11-9-16)24-13-12-23-17-5-2-1-3-6-17/h1-11,14H,12-13,15H2,(H,21,22). The summed E-state index contributed by atoms with van der Waals surface area (Å²) in [4.78, 5) is 13.2. The van der Waals surface area contributed by atoms with E-state index in [1.807, 2.05) is 47.8 Å². The summed E-state index contributed by atoms with van der Waals surface area (Å²) in [5, 5.41) is 4.90. The number of nitrogens with one attached hydrogen (secondary N) is 1. The predicted molar refractivity (Wildman–Crippen MR) is 99.4 cm³/mol. The lowest BCUT2D eigenvalue weighted by molar-refractivity contribution is 0.0951. The van der Waals surface area contributed by atoms with Crippen molar-refractivity contribution >= 4 is 17.2 Å². The summed E-state index contributed by atoms with van der Waals surface area (Å²) in [5.41, 5.74) is 0.615. The molecule has 25 heavy (non-hydrogen) atoms. The molecule has 0 bridgehead atoms. The minimum Gasteiger partial charge on any atom is -0.490 e. The number of rotatable bonds is 8. The highest BCUT2D eigenvalue weighted by Gasteiger charge is 2.06. The van der Waals surface area contributed by atoms with Gasteiger partial charge in [-0.1, -0.05) is 24.3 Å². The van der Waals surface area contributed by atoms with Crippen molar-refractivity contribution in [1.82, 2.24) is 5.32 Å². The summed E-state index contributed by atoms with van der Waals surface area (Å²) in [6.45, 7) is 1.46. The van der Waals surface area contributed by atoms with Gasteiger partial charge in [-0.3, -0.25) is 4.79 Å². The van der Waals surface area contributed by atoms with Crippen LogP contribution in [-0.2, 0) is 6.54 Å². The van der Waals surface area contributed by atoms with Crippen molar-refractivity contribution < 1.29 is 14.3 Å². The molecule has 2 aromatic carbocycles. The molecule has 0 aliphatic heterocycles. The summed E-state index contributed by atoms with van der Waals surface area (Å²) in [6.07, 6.45) is 0. The number of benzene rings is 2. The third-order valence-corrected chi connectivity index (χ3v) is 4.36. The zero-order valence-corrected chi connectivity index (χ0v) is 14.5. The lowest BCUT2D eigenvalue weighted by atomic mass is 10.2. The molecule has 0 fully saturated rings. The Morgan fingerprint density at radius 2 is 1.52 bits per heavy atom. The second kappa shape index (κ2) is 8.89. The Kier molecular flexibility index (Phi) is 6.06. The maximum Gasteiger partial charge on any atom is 0.251 e. The van der Waals surface area contributed by atoms with Gasteiger partial charge in [0.2, 0.25) is 0 Å². The van der Waals surface area contributed by atoms with Crippen molar-refractivity contribution in [3.05, 3.63) is 82.6 Å². The monoisotopic (exact) mass is 353 g/mol. The Morgan fingerprint density at radius 1 is 0.840 bits per heavy atom. The summed E-state index contributed by atoms with van der Waals surface area (Å²) in [5.74, 6) is 1.45. The van der Waals surface area contributed by atoms with E-state index in [4.69, 9.17) is 9.47 Å². The first-order chi connectivity index (χ1) is 12.3. The van der Waals surface area contributed by atoms with Crippen LogP contribution in [0.3, 0.4) is 0 Å². The number of hydrogen-bond donors (Lipinski definition) is 1. The summed E-state index contributed by atoms with van der Waals surface area (Å²) < 4.78 is 11.2. The van der Waals surface area contributed by atoms with Gasteiger partial charge in [0.25, 0.3) is 5.91 Å². The maximum absolute atomic E-state index is 12.1. The van der Waals surface area contributed by atoms with E-state index in [1.165, 1.54) is 0 Å². The third kappa shape index (κ3) is 5.36. The lowest BCUT2D eigenvalue weighted by Crippen LogP contribution is -2.22. The van der Waals surface area contributed by atoms with Gasteiger partial charge in [-0.15, -0.1) is 11.3 Å². The van der Waals surface area contributed by atoms with Gasteiger partial charge in [-0.2, -0.15) is 0 Å². The molecule has 128 valence electrons. The molecule has 1 amide bonds. The van der Waals surface area contributed by atoms with Crippen molar-refractivity contribution in [1.29, 1.82) is 0 Å². The molecule has 1 N–H and O–H groups in total. The van der Waals surface area contributed by atoms with Gasteiger partial charge >= 0.3 is 0 Å². The topological polar surface area (TPSA) is 47.6 Å².